The number of rotatable bonds is 3. The summed E-state index contributed by atoms with van der Waals surface area (Å²) in [4.78, 5) is 28.4. The summed E-state index contributed by atoms with van der Waals surface area (Å²) in [7, 11) is 0. The van der Waals surface area contributed by atoms with Crippen molar-refractivity contribution in [1.29, 1.82) is 5.26 Å². The summed E-state index contributed by atoms with van der Waals surface area (Å²) in [6, 6.07) is 2.29. The second-order valence-corrected chi connectivity index (χ2v) is 8.38. The van der Waals surface area contributed by atoms with Gasteiger partial charge in [0.05, 0.1) is 16.9 Å². The van der Waals surface area contributed by atoms with Crippen molar-refractivity contribution >= 4 is 28.5 Å². The summed E-state index contributed by atoms with van der Waals surface area (Å²) in [5.41, 5.74) is 6.62. The van der Waals surface area contributed by atoms with Gasteiger partial charge in [0.1, 0.15) is 5.92 Å². The standard InChI is InChI=1S/C17H23N3O2S/c1-9(2)14-10(7-18)16(23-8-13(19)22)20-11-5-17(3,4)6-12(21)15(11)14/h9-10,14H,5-6,8H2,1-4H3,(H2,19,22)/t10?,14-/m1/s1. The molecule has 2 rings (SSSR count). The van der Waals surface area contributed by atoms with Gasteiger partial charge in [0.2, 0.25) is 5.91 Å². The topological polar surface area (TPSA) is 96.3 Å². The summed E-state index contributed by atoms with van der Waals surface area (Å²) < 4.78 is 0. The highest BCUT2D eigenvalue weighted by atomic mass is 32.2. The number of carbonyl (C=O) groups excluding carboxylic acids is 2. The number of nitriles is 1. The zero-order valence-electron chi connectivity index (χ0n) is 14.0. The van der Waals surface area contributed by atoms with E-state index in [4.69, 9.17) is 5.73 Å². The number of nitrogens with two attached hydrogens (primary N) is 1. The Bertz CT molecular complexity index is 641. The number of carbonyl (C=O) groups is 2. The van der Waals surface area contributed by atoms with Gasteiger partial charge in [0.15, 0.2) is 5.78 Å². The van der Waals surface area contributed by atoms with Crippen molar-refractivity contribution in [2.24, 2.45) is 33.9 Å². The molecule has 0 fully saturated rings. The molecule has 0 saturated carbocycles. The van der Waals surface area contributed by atoms with E-state index in [1.54, 1.807) is 0 Å². The first-order valence-electron chi connectivity index (χ1n) is 7.82. The van der Waals surface area contributed by atoms with Crippen LogP contribution >= 0.6 is 11.8 Å². The van der Waals surface area contributed by atoms with Crippen molar-refractivity contribution < 1.29 is 9.59 Å². The molecule has 124 valence electrons. The van der Waals surface area contributed by atoms with Gasteiger partial charge in [0.25, 0.3) is 0 Å². The summed E-state index contributed by atoms with van der Waals surface area (Å²) in [5, 5.41) is 10.3. The van der Waals surface area contributed by atoms with Gasteiger partial charge in [-0.1, -0.05) is 39.5 Å². The van der Waals surface area contributed by atoms with E-state index >= 15 is 0 Å². The maximum atomic E-state index is 12.7. The van der Waals surface area contributed by atoms with E-state index in [2.05, 4.69) is 24.9 Å². The van der Waals surface area contributed by atoms with Crippen molar-refractivity contribution in [1.82, 2.24) is 0 Å². The van der Waals surface area contributed by atoms with E-state index in [1.165, 1.54) is 11.8 Å². The van der Waals surface area contributed by atoms with Crippen LogP contribution in [0.2, 0.25) is 0 Å². The maximum absolute atomic E-state index is 12.7. The average molecular weight is 333 g/mol. The van der Waals surface area contributed by atoms with Gasteiger partial charge in [-0.05, 0) is 17.8 Å². The number of thioether (sulfide) groups is 1. The smallest absolute Gasteiger partial charge is 0.227 e. The van der Waals surface area contributed by atoms with Crippen LogP contribution in [0.15, 0.2) is 16.3 Å². The second kappa shape index (κ2) is 6.48. The first-order chi connectivity index (χ1) is 10.7. The van der Waals surface area contributed by atoms with Crippen LogP contribution in [-0.2, 0) is 9.59 Å². The molecule has 1 unspecified atom stereocenters. The predicted octanol–water partition coefficient (Wildman–Crippen LogP) is 2.67. The largest absolute Gasteiger partial charge is 0.369 e. The number of amides is 1. The van der Waals surface area contributed by atoms with Crippen molar-refractivity contribution in [3.05, 3.63) is 11.3 Å². The Hall–Kier alpha value is -1.61. The van der Waals surface area contributed by atoms with Crippen molar-refractivity contribution in [3.8, 4) is 6.07 Å². The molecule has 0 saturated heterocycles. The quantitative estimate of drug-likeness (QED) is 0.858. The van der Waals surface area contributed by atoms with Gasteiger partial charge in [0, 0.05) is 23.6 Å². The Labute approximate surface area is 141 Å². The number of primary amides is 1. The lowest BCUT2D eigenvalue weighted by molar-refractivity contribution is -0.119. The third kappa shape index (κ3) is 3.66. The zero-order chi connectivity index (χ0) is 17.4. The molecule has 2 aliphatic rings. The van der Waals surface area contributed by atoms with Gasteiger partial charge in [-0.25, -0.2) is 4.99 Å². The minimum Gasteiger partial charge on any atom is -0.369 e. The molecule has 0 aromatic carbocycles. The molecule has 23 heavy (non-hydrogen) atoms. The fourth-order valence-electron chi connectivity index (χ4n) is 3.42. The molecule has 5 nitrogen and oxygen atoms in total. The van der Waals surface area contributed by atoms with E-state index in [0.717, 1.165) is 17.7 Å². The molecule has 1 aliphatic carbocycles. The Morgan fingerprint density at radius 2 is 2.13 bits per heavy atom. The van der Waals surface area contributed by atoms with E-state index in [0.29, 0.717) is 11.5 Å². The highest BCUT2D eigenvalue weighted by Crippen LogP contribution is 2.47. The molecule has 2 atom stereocenters. The molecule has 0 bridgehead atoms. The molecule has 2 N–H and O–H groups in total. The molecule has 1 aliphatic heterocycles. The van der Waals surface area contributed by atoms with E-state index in [-0.39, 0.29) is 28.8 Å². The molecule has 1 amide bonds. The molecule has 1 heterocycles. The fourth-order valence-corrected chi connectivity index (χ4v) is 4.27. The van der Waals surface area contributed by atoms with Crippen molar-refractivity contribution in [2.45, 2.75) is 40.5 Å². The lowest BCUT2D eigenvalue weighted by Gasteiger charge is -2.39. The molecule has 6 heteroatoms. The summed E-state index contributed by atoms with van der Waals surface area (Å²) in [6.07, 6.45) is 1.21. The Kier molecular flexibility index (Phi) is 5.00. The van der Waals surface area contributed by atoms with Gasteiger partial charge in [-0.3, -0.25) is 9.59 Å². The summed E-state index contributed by atoms with van der Waals surface area (Å²) >= 11 is 1.22. The van der Waals surface area contributed by atoms with Crippen LogP contribution < -0.4 is 5.73 Å². The van der Waals surface area contributed by atoms with Gasteiger partial charge in [-0.2, -0.15) is 5.26 Å². The van der Waals surface area contributed by atoms with Crippen LogP contribution in [0.25, 0.3) is 0 Å². The van der Waals surface area contributed by atoms with Crippen LogP contribution in [0, 0.1) is 34.5 Å². The number of allylic oxidation sites excluding steroid dienone is 2. The predicted molar refractivity (Wildman–Crippen MR) is 91.6 cm³/mol. The first-order valence-corrected chi connectivity index (χ1v) is 8.80. The number of hydrogen-bond donors (Lipinski definition) is 1. The molecule has 0 spiro atoms. The lowest BCUT2D eigenvalue weighted by atomic mass is 9.67. The number of nitrogens with zero attached hydrogens (tertiary/aromatic N) is 2. The van der Waals surface area contributed by atoms with Crippen LogP contribution in [0.3, 0.4) is 0 Å². The first kappa shape index (κ1) is 17.7. The Morgan fingerprint density at radius 3 is 2.65 bits per heavy atom. The number of hydrogen-bond acceptors (Lipinski definition) is 5. The van der Waals surface area contributed by atoms with Crippen molar-refractivity contribution in [2.75, 3.05) is 5.75 Å². The third-order valence-corrected chi connectivity index (χ3v) is 5.39. The second-order valence-electron chi connectivity index (χ2n) is 7.38. The number of ketones is 1. The zero-order valence-corrected chi connectivity index (χ0v) is 14.9. The van der Waals surface area contributed by atoms with Gasteiger partial charge >= 0.3 is 0 Å². The van der Waals surface area contributed by atoms with E-state index in [9.17, 15) is 14.9 Å². The third-order valence-electron chi connectivity index (χ3n) is 4.32. The van der Waals surface area contributed by atoms with Crippen LogP contribution in [0.5, 0.6) is 0 Å². The Balaban J connectivity index is 2.50. The molecule has 0 aromatic heterocycles. The summed E-state index contributed by atoms with van der Waals surface area (Å²) in [6.45, 7) is 8.16. The number of aliphatic imine (C=N–C) groups is 1. The highest BCUT2D eigenvalue weighted by Gasteiger charge is 2.44. The fraction of sp³-hybridized carbons (Fsp3) is 0.647. The molecular formula is C17H23N3O2S. The monoisotopic (exact) mass is 333 g/mol. The normalized spacial score (nSPS) is 26.6. The minimum atomic E-state index is -0.483. The lowest BCUT2D eigenvalue weighted by Crippen LogP contribution is -2.38. The molecular weight excluding hydrogens is 310 g/mol. The molecule has 0 radical (unpaired) electrons. The highest BCUT2D eigenvalue weighted by molar-refractivity contribution is 8.14. The summed E-state index contributed by atoms with van der Waals surface area (Å²) in [5.74, 6) is -0.723. The Morgan fingerprint density at radius 1 is 1.48 bits per heavy atom. The average Bonchev–Trinajstić information content (AvgIpc) is 2.41. The maximum Gasteiger partial charge on any atom is 0.227 e. The van der Waals surface area contributed by atoms with Crippen LogP contribution in [-0.4, -0.2) is 22.5 Å². The van der Waals surface area contributed by atoms with Gasteiger partial charge in [-0.15, -0.1) is 0 Å². The molecule has 0 aromatic rings. The number of Topliss-reactive ketones (excluding diaryl/α,β-unsaturated/α-hetero) is 1. The minimum absolute atomic E-state index is 0.0990. The van der Waals surface area contributed by atoms with Gasteiger partial charge < -0.3 is 5.73 Å². The van der Waals surface area contributed by atoms with E-state index in [1.807, 2.05) is 13.8 Å². The van der Waals surface area contributed by atoms with Crippen LogP contribution in [0.4, 0.5) is 0 Å². The van der Waals surface area contributed by atoms with E-state index < -0.39 is 11.8 Å². The van der Waals surface area contributed by atoms with Crippen LogP contribution in [0.1, 0.15) is 40.5 Å². The SMILES string of the molecule is CC(C)[C@H]1C2=C(CC(C)(C)CC2=O)N=C(SCC(N)=O)C1C#N. The van der Waals surface area contributed by atoms with Crippen molar-refractivity contribution in [3.63, 3.8) is 0 Å².